The number of rotatable bonds is 2. The summed E-state index contributed by atoms with van der Waals surface area (Å²) in [5.41, 5.74) is 2.13. The molecular formula is C11H13N3O2S. The molecule has 0 saturated carbocycles. The average Bonchev–Trinajstić information content (AvgIpc) is 2.82. The molecule has 2 aromatic rings. The van der Waals surface area contributed by atoms with Crippen molar-refractivity contribution >= 4 is 17.3 Å². The first-order valence-electron chi connectivity index (χ1n) is 5.09. The van der Waals surface area contributed by atoms with Crippen molar-refractivity contribution in [1.82, 2.24) is 14.8 Å². The molecule has 0 aliphatic heterocycles. The Kier molecular flexibility index (Phi) is 2.97. The van der Waals surface area contributed by atoms with E-state index in [4.69, 9.17) is 4.74 Å². The fraction of sp³-hybridized carbons (Fsp3) is 0.364. The van der Waals surface area contributed by atoms with Crippen LogP contribution in [0.25, 0.3) is 10.6 Å². The number of methoxy groups -OCH3 is 1. The highest BCUT2D eigenvalue weighted by Crippen LogP contribution is 2.29. The molecular weight excluding hydrogens is 238 g/mol. The van der Waals surface area contributed by atoms with Gasteiger partial charge in [-0.3, -0.25) is 4.68 Å². The zero-order chi connectivity index (χ0) is 12.6. The standard InChI is InChI=1S/C11H13N3O2S/c1-6-7(2)17-10(13-6)8-5-12-14(3)9(8)11(15)16-4/h5H,1-4H3. The summed E-state index contributed by atoms with van der Waals surface area (Å²) in [4.78, 5) is 17.2. The average molecular weight is 251 g/mol. The van der Waals surface area contributed by atoms with Crippen LogP contribution in [0.15, 0.2) is 6.20 Å². The van der Waals surface area contributed by atoms with Gasteiger partial charge >= 0.3 is 5.97 Å². The Hall–Kier alpha value is -1.69. The lowest BCUT2D eigenvalue weighted by Crippen LogP contribution is -2.09. The van der Waals surface area contributed by atoms with Gasteiger partial charge in [0, 0.05) is 11.9 Å². The fourth-order valence-electron chi connectivity index (χ4n) is 1.52. The number of aryl methyl sites for hydroxylation is 3. The Morgan fingerprint density at radius 3 is 2.71 bits per heavy atom. The van der Waals surface area contributed by atoms with Crippen molar-refractivity contribution in [3.8, 4) is 10.6 Å². The minimum absolute atomic E-state index is 0.398. The van der Waals surface area contributed by atoms with Crippen LogP contribution in [0.5, 0.6) is 0 Å². The third kappa shape index (κ3) is 1.95. The molecule has 5 nitrogen and oxygen atoms in total. The van der Waals surface area contributed by atoms with Gasteiger partial charge in [-0.25, -0.2) is 9.78 Å². The second-order valence-corrected chi connectivity index (χ2v) is 4.89. The van der Waals surface area contributed by atoms with Crippen molar-refractivity contribution in [3.05, 3.63) is 22.5 Å². The molecule has 0 amide bonds. The van der Waals surface area contributed by atoms with Gasteiger partial charge in [0.1, 0.15) is 5.01 Å². The quantitative estimate of drug-likeness (QED) is 0.765. The maximum absolute atomic E-state index is 11.7. The summed E-state index contributed by atoms with van der Waals surface area (Å²) in [5, 5.41) is 4.88. The van der Waals surface area contributed by atoms with Crippen molar-refractivity contribution in [2.24, 2.45) is 7.05 Å². The number of esters is 1. The van der Waals surface area contributed by atoms with E-state index in [0.717, 1.165) is 21.1 Å². The minimum Gasteiger partial charge on any atom is -0.464 e. The topological polar surface area (TPSA) is 57.0 Å². The highest BCUT2D eigenvalue weighted by molar-refractivity contribution is 7.15. The van der Waals surface area contributed by atoms with Gasteiger partial charge in [0.05, 0.1) is 24.6 Å². The van der Waals surface area contributed by atoms with Crippen molar-refractivity contribution in [2.75, 3.05) is 7.11 Å². The molecule has 0 aromatic carbocycles. The second-order valence-electron chi connectivity index (χ2n) is 3.68. The van der Waals surface area contributed by atoms with Gasteiger partial charge in [0.2, 0.25) is 0 Å². The number of hydrogen-bond donors (Lipinski definition) is 0. The first kappa shape index (κ1) is 11.8. The normalized spacial score (nSPS) is 10.6. The van der Waals surface area contributed by atoms with Crippen LogP contribution in [-0.2, 0) is 11.8 Å². The zero-order valence-electron chi connectivity index (χ0n) is 10.1. The van der Waals surface area contributed by atoms with Gasteiger partial charge in [-0.2, -0.15) is 5.10 Å². The van der Waals surface area contributed by atoms with Crippen LogP contribution in [-0.4, -0.2) is 27.8 Å². The minimum atomic E-state index is -0.398. The predicted molar refractivity (Wildman–Crippen MR) is 65.1 cm³/mol. The van der Waals surface area contributed by atoms with Crippen LogP contribution in [0.2, 0.25) is 0 Å². The molecule has 0 fully saturated rings. The Morgan fingerprint density at radius 1 is 1.47 bits per heavy atom. The molecule has 0 N–H and O–H groups in total. The molecule has 0 aliphatic carbocycles. The van der Waals surface area contributed by atoms with E-state index in [9.17, 15) is 4.79 Å². The molecule has 0 aliphatic rings. The number of carbonyl (C=O) groups is 1. The van der Waals surface area contributed by atoms with Gasteiger partial charge in [-0.1, -0.05) is 0 Å². The summed E-state index contributed by atoms with van der Waals surface area (Å²) in [7, 11) is 3.07. The highest BCUT2D eigenvalue weighted by atomic mass is 32.1. The third-order valence-electron chi connectivity index (χ3n) is 2.58. The smallest absolute Gasteiger partial charge is 0.357 e. The first-order valence-corrected chi connectivity index (χ1v) is 5.91. The van der Waals surface area contributed by atoms with Crippen LogP contribution in [0.3, 0.4) is 0 Å². The Bertz CT molecular complexity index is 552. The van der Waals surface area contributed by atoms with Gasteiger partial charge in [0.25, 0.3) is 0 Å². The van der Waals surface area contributed by atoms with E-state index < -0.39 is 5.97 Å². The fourth-order valence-corrected chi connectivity index (χ4v) is 2.45. The summed E-state index contributed by atoms with van der Waals surface area (Å²) in [6, 6.07) is 0. The molecule has 0 unspecified atom stereocenters. The van der Waals surface area contributed by atoms with E-state index >= 15 is 0 Å². The Morgan fingerprint density at radius 2 is 2.18 bits per heavy atom. The van der Waals surface area contributed by atoms with Crippen LogP contribution in [0.1, 0.15) is 21.1 Å². The number of aromatic nitrogens is 3. The summed E-state index contributed by atoms with van der Waals surface area (Å²) < 4.78 is 6.26. The van der Waals surface area contributed by atoms with Crippen molar-refractivity contribution < 1.29 is 9.53 Å². The molecule has 2 rings (SSSR count). The number of thiazole rings is 1. The SMILES string of the molecule is COC(=O)c1c(-c2nc(C)c(C)s2)cnn1C. The Balaban J connectivity index is 2.56. The lowest BCUT2D eigenvalue weighted by molar-refractivity contribution is 0.0589. The highest BCUT2D eigenvalue weighted by Gasteiger charge is 2.21. The Labute approximate surface area is 103 Å². The maximum atomic E-state index is 11.7. The van der Waals surface area contributed by atoms with E-state index in [2.05, 4.69) is 10.1 Å². The summed E-state index contributed by atoms with van der Waals surface area (Å²) in [6.07, 6.45) is 1.64. The van der Waals surface area contributed by atoms with E-state index in [1.54, 1.807) is 24.6 Å². The molecule has 0 radical (unpaired) electrons. The summed E-state index contributed by atoms with van der Waals surface area (Å²) >= 11 is 1.55. The molecule has 2 heterocycles. The number of hydrogen-bond acceptors (Lipinski definition) is 5. The van der Waals surface area contributed by atoms with E-state index in [1.165, 1.54) is 11.8 Å². The lowest BCUT2D eigenvalue weighted by atomic mass is 10.2. The van der Waals surface area contributed by atoms with E-state index in [-0.39, 0.29) is 0 Å². The molecule has 90 valence electrons. The molecule has 2 aromatic heterocycles. The third-order valence-corrected chi connectivity index (χ3v) is 3.68. The molecule has 17 heavy (non-hydrogen) atoms. The molecule has 0 atom stereocenters. The van der Waals surface area contributed by atoms with Crippen LogP contribution >= 0.6 is 11.3 Å². The van der Waals surface area contributed by atoms with Gasteiger partial charge < -0.3 is 4.74 Å². The van der Waals surface area contributed by atoms with E-state index in [0.29, 0.717) is 5.69 Å². The van der Waals surface area contributed by atoms with Crippen molar-refractivity contribution in [3.63, 3.8) is 0 Å². The maximum Gasteiger partial charge on any atom is 0.357 e. The van der Waals surface area contributed by atoms with E-state index in [1.807, 2.05) is 13.8 Å². The summed E-state index contributed by atoms with van der Waals surface area (Å²) in [6.45, 7) is 3.95. The van der Waals surface area contributed by atoms with Crippen LogP contribution < -0.4 is 0 Å². The lowest BCUT2D eigenvalue weighted by Gasteiger charge is -2.01. The number of nitrogens with zero attached hydrogens (tertiary/aromatic N) is 3. The van der Waals surface area contributed by atoms with Gasteiger partial charge in [0.15, 0.2) is 5.69 Å². The number of carbonyl (C=O) groups excluding carboxylic acids is 1. The van der Waals surface area contributed by atoms with Crippen LogP contribution in [0.4, 0.5) is 0 Å². The first-order chi connectivity index (χ1) is 8.04. The molecule has 6 heteroatoms. The van der Waals surface area contributed by atoms with Crippen molar-refractivity contribution in [2.45, 2.75) is 13.8 Å². The molecule has 0 bridgehead atoms. The summed E-state index contributed by atoms with van der Waals surface area (Å²) in [5.74, 6) is -0.398. The van der Waals surface area contributed by atoms with Gasteiger partial charge in [-0.05, 0) is 13.8 Å². The zero-order valence-corrected chi connectivity index (χ0v) is 11.0. The van der Waals surface area contributed by atoms with Gasteiger partial charge in [-0.15, -0.1) is 11.3 Å². The second kappa shape index (κ2) is 4.29. The monoisotopic (exact) mass is 251 g/mol. The molecule has 0 spiro atoms. The van der Waals surface area contributed by atoms with Crippen LogP contribution in [0, 0.1) is 13.8 Å². The molecule has 0 saturated heterocycles. The van der Waals surface area contributed by atoms with Crippen molar-refractivity contribution in [1.29, 1.82) is 0 Å². The largest absolute Gasteiger partial charge is 0.464 e. The number of ether oxygens (including phenoxy) is 1. The predicted octanol–water partition coefficient (Wildman–Crippen LogP) is 1.95.